The van der Waals surface area contributed by atoms with Gasteiger partial charge in [-0.15, -0.1) is 0 Å². The molecule has 0 aliphatic carbocycles. The molecule has 174 valence electrons. The van der Waals surface area contributed by atoms with Gasteiger partial charge in [-0.3, -0.25) is 9.69 Å². The Hall–Kier alpha value is -2.85. The van der Waals surface area contributed by atoms with E-state index in [9.17, 15) is 14.3 Å². The minimum absolute atomic E-state index is 0.0320. The molecule has 0 radical (unpaired) electrons. The Bertz CT molecular complexity index is 945. The number of aromatic nitrogens is 2. The lowest BCUT2D eigenvalue weighted by molar-refractivity contribution is -0.120. The Labute approximate surface area is 186 Å². The number of hydrogen-bond acceptors (Lipinski definition) is 7. The van der Waals surface area contributed by atoms with Gasteiger partial charge in [0, 0.05) is 37.7 Å². The predicted octanol–water partition coefficient (Wildman–Crippen LogP) is 1.67. The number of rotatable bonds is 9. The number of piperidine rings is 1. The van der Waals surface area contributed by atoms with Crippen LogP contribution in [0.15, 0.2) is 24.5 Å². The topological polar surface area (TPSA) is 108 Å². The van der Waals surface area contributed by atoms with Gasteiger partial charge in [-0.1, -0.05) is 12.1 Å². The minimum Gasteiger partial charge on any atom is -0.391 e. The maximum Gasteiger partial charge on any atom is 0.231 e. The SMILES string of the molecule is CCN(Cc1ccc(C)cc1F)c1ncnc(NCC2CCN(CC(N)=O)CC2O)c1F. The van der Waals surface area contributed by atoms with Crippen LogP contribution in [0.2, 0.25) is 0 Å². The lowest BCUT2D eigenvalue weighted by Gasteiger charge is -2.35. The number of benzene rings is 1. The summed E-state index contributed by atoms with van der Waals surface area (Å²) < 4.78 is 29.5. The molecule has 3 rings (SSSR count). The zero-order chi connectivity index (χ0) is 23.3. The number of anilines is 2. The van der Waals surface area contributed by atoms with Gasteiger partial charge in [0.05, 0.1) is 12.6 Å². The first kappa shape index (κ1) is 23.8. The number of carbonyl (C=O) groups is 1. The molecule has 2 unspecified atom stereocenters. The number of nitrogens with two attached hydrogens (primary N) is 1. The fourth-order valence-electron chi connectivity index (χ4n) is 3.90. The van der Waals surface area contributed by atoms with E-state index >= 15 is 4.39 Å². The zero-order valence-electron chi connectivity index (χ0n) is 18.4. The van der Waals surface area contributed by atoms with E-state index in [-0.39, 0.29) is 36.5 Å². The number of hydrogen-bond donors (Lipinski definition) is 3. The van der Waals surface area contributed by atoms with Crippen LogP contribution in [0.1, 0.15) is 24.5 Å². The van der Waals surface area contributed by atoms with E-state index < -0.39 is 17.8 Å². The van der Waals surface area contributed by atoms with Gasteiger partial charge < -0.3 is 21.1 Å². The molecular weight excluding hydrogens is 418 g/mol. The Morgan fingerprint density at radius 1 is 1.38 bits per heavy atom. The van der Waals surface area contributed by atoms with Crippen LogP contribution in [0, 0.1) is 24.5 Å². The Balaban J connectivity index is 1.66. The first-order valence-electron chi connectivity index (χ1n) is 10.7. The third-order valence-electron chi connectivity index (χ3n) is 5.74. The molecule has 0 bridgehead atoms. The highest BCUT2D eigenvalue weighted by Gasteiger charge is 2.28. The number of primary amides is 1. The zero-order valence-corrected chi connectivity index (χ0v) is 18.4. The number of aliphatic hydroxyl groups is 1. The van der Waals surface area contributed by atoms with E-state index in [2.05, 4.69) is 15.3 Å². The van der Waals surface area contributed by atoms with Crippen molar-refractivity contribution in [2.45, 2.75) is 32.9 Å². The fourth-order valence-corrected chi connectivity index (χ4v) is 3.90. The molecule has 1 aromatic heterocycles. The summed E-state index contributed by atoms with van der Waals surface area (Å²) in [6, 6.07) is 4.96. The molecule has 1 fully saturated rings. The summed E-state index contributed by atoms with van der Waals surface area (Å²) in [6.45, 7) is 5.63. The van der Waals surface area contributed by atoms with Crippen LogP contribution in [0.3, 0.4) is 0 Å². The molecule has 32 heavy (non-hydrogen) atoms. The van der Waals surface area contributed by atoms with Crippen molar-refractivity contribution in [3.63, 3.8) is 0 Å². The van der Waals surface area contributed by atoms with E-state index in [1.54, 1.807) is 15.9 Å². The summed E-state index contributed by atoms with van der Waals surface area (Å²) in [7, 11) is 0. The van der Waals surface area contributed by atoms with Crippen LogP contribution >= 0.6 is 0 Å². The van der Waals surface area contributed by atoms with Crippen molar-refractivity contribution in [2.75, 3.05) is 42.9 Å². The van der Waals surface area contributed by atoms with Crippen LogP contribution in [0.5, 0.6) is 0 Å². The molecule has 1 aliphatic rings. The Kier molecular flexibility index (Phi) is 7.92. The van der Waals surface area contributed by atoms with E-state index in [0.29, 0.717) is 38.2 Å². The molecule has 2 atom stereocenters. The minimum atomic E-state index is -0.670. The van der Waals surface area contributed by atoms with Crippen molar-refractivity contribution in [1.29, 1.82) is 0 Å². The summed E-state index contributed by atoms with van der Waals surface area (Å²) >= 11 is 0. The van der Waals surface area contributed by atoms with Gasteiger partial charge in [0.1, 0.15) is 12.1 Å². The van der Waals surface area contributed by atoms with Crippen molar-refractivity contribution < 1.29 is 18.7 Å². The Morgan fingerprint density at radius 2 is 2.16 bits per heavy atom. The highest BCUT2D eigenvalue weighted by Crippen LogP contribution is 2.25. The van der Waals surface area contributed by atoms with Gasteiger partial charge in [-0.05, 0) is 38.4 Å². The molecule has 1 saturated heterocycles. The van der Waals surface area contributed by atoms with E-state index in [4.69, 9.17) is 5.73 Å². The van der Waals surface area contributed by atoms with Crippen molar-refractivity contribution in [3.8, 4) is 0 Å². The smallest absolute Gasteiger partial charge is 0.231 e. The molecule has 10 heteroatoms. The highest BCUT2D eigenvalue weighted by atomic mass is 19.1. The molecule has 1 aliphatic heterocycles. The largest absolute Gasteiger partial charge is 0.391 e. The van der Waals surface area contributed by atoms with Crippen LogP contribution in [-0.4, -0.2) is 64.7 Å². The van der Waals surface area contributed by atoms with Crippen molar-refractivity contribution in [1.82, 2.24) is 14.9 Å². The molecule has 2 heterocycles. The number of likely N-dealkylation sites (tertiary alicyclic amines) is 1. The van der Waals surface area contributed by atoms with Gasteiger partial charge in [-0.2, -0.15) is 4.39 Å². The molecule has 1 amide bonds. The lowest BCUT2D eigenvalue weighted by atomic mass is 9.93. The summed E-state index contributed by atoms with van der Waals surface area (Å²) in [5.41, 5.74) is 6.48. The maximum absolute atomic E-state index is 15.2. The first-order chi connectivity index (χ1) is 15.3. The van der Waals surface area contributed by atoms with Crippen molar-refractivity contribution >= 4 is 17.5 Å². The predicted molar refractivity (Wildman–Crippen MR) is 118 cm³/mol. The summed E-state index contributed by atoms with van der Waals surface area (Å²) in [5, 5.41) is 13.4. The van der Waals surface area contributed by atoms with E-state index in [1.807, 2.05) is 19.9 Å². The fraction of sp³-hybridized carbons (Fsp3) is 0.500. The van der Waals surface area contributed by atoms with E-state index in [0.717, 1.165) is 5.56 Å². The highest BCUT2D eigenvalue weighted by molar-refractivity contribution is 5.75. The normalized spacial score (nSPS) is 19.0. The van der Waals surface area contributed by atoms with Crippen LogP contribution in [0.4, 0.5) is 20.4 Å². The van der Waals surface area contributed by atoms with Gasteiger partial charge in [-0.25, -0.2) is 14.4 Å². The number of aryl methyl sites for hydroxylation is 1. The maximum atomic E-state index is 15.2. The average molecular weight is 449 g/mol. The molecule has 4 N–H and O–H groups in total. The summed E-state index contributed by atoms with van der Waals surface area (Å²) in [6.07, 6.45) is 1.23. The Morgan fingerprint density at radius 3 is 2.81 bits per heavy atom. The van der Waals surface area contributed by atoms with Crippen LogP contribution in [0.25, 0.3) is 0 Å². The molecule has 8 nitrogen and oxygen atoms in total. The third kappa shape index (κ3) is 5.89. The van der Waals surface area contributed by atoms with Gasteiger partial charge in [0.2, 0.25) is 11.7 Å². The standard InChI is InChI=1S/C22H30F2N6O2/c1-3-30(10-16-5-4-14(2)8-17(16)23)22-20(24)21(27-13-28-22)26-9-15-6-7-29(11-18(15)31)12-19(25)32/h4-5,8,13,15,18,31H,3,6-7,9-12H2,1-2H3,(H2,25,32)(H,26,27,28). The molecule has 0 spiro atoms. The van der Waals surface area contributed by atoms with Gasteiger partial charge in [0.25, 0.3) is 0 Å². The molecular formula is C22H30F2N6O2. The second-order valence-corrected chi connectivity index (χ2v) is 8.17. The number of carbonyl (C=O) groups excluding carboxylic acids is 1. The average Bonchev–Trinajstić information content (AvgIpc) is 2.73. The first-order valence-corrected chi connectivity index (χ1v) is 10.7. The number of aliphatic hydroxyl groups excluding tert-OH is 1. The summed E-state index contributed by atoms with van der Waals surface area (Å²) in [4.78, 5) is 22.6. The van der Waals surface area contributed by atoms with Crippen LogP contribution < -0.4 is 16.0 Å². The summed E-state index contributed by atoms with van der Waals surface area (Å²) in [5.74, 6) is -1.40. The van der Waals surface area contributed by atoms with Crippen molar-refractivity contribution in [3.05, 3.63) is 47.3 Å². The molecule has 0 saturated carbocycles. The number of nitrogens with zero attached hydrogens (tertiary/aromatic N) is 4. The molecule has 2 aromatic rings. The van der Waals surface area contributed by atoms with Gasteiger partial charge >= 0.3 is 0 Å². The second kappa shape index (κ2) is 10.6. The lowest BCUT2D eigenvalue weighted by Crippen LogP contribution is -2.48. The quantitative estimate of drug-likeness (QED) is 0.536. The number of halogens is 2. The number of amides is 1. The number of β-amino-alcohol motifs (C(OH)–C–C–N with tert-alkyl or cyclic N) is 1. The van der Waals surface area contributed by atoms with Gasteiger partial charge in [0.15, 0.2) is 11.6 Å². The third-order valence-corrected chi connectivity index (χ3v) is 5.74. The van der Waals surface area contributed by atoms with E-state index in [1.165, 1.54) is 12.4 Å². The number of nitrogens with one attached hydrogen (secondary N) is 1. The van der Waals surface area contributed by atoms with Crippen molar-refractivity contribution in [2.24, 2.45) is 11.7 Å². The molecule has 1 aromatic carbocycles. The monoisotopic (exact) mass is 448 g/mol. The van der Waals surface area contributed by atoms with Crippen LogP contribution in [-0.2, 0) is 11.3 Å². The second-order valence-electron chi connectivity index (χ2n) is 8.17.